The van der Waals surface area contributed by atoms with Gasteiger partial charge in [-0.1, -0.05) is 17.7 Å². The standard InChI is InChI=1S/C26H23ClFN3O2/c1-32-25-18(3-2-9-29-25)14-30-15-19-12-21(13-22(27)24(19)33-16-26(30)7-8-26)31-10-6-17-11-20(28)4-5-23(17)31/h2-6,9-13H,7-8,14-16H2,1H3. The summed E-state index contributed by atoms with van der Waals surface area (Å²) in [6.45, 7) is 2.02. The summed E-state index contributed by atoms with van der Waals surface area (Å²) in [5.74, 6) is 1.15. The van der Waals surface area contributed by atoms with Crippen LogP contribution in [0.4, 0.5) is 4.39 Å². The minimum atomic E-state index is -0.246. The van der Waals surface area contributed by atoms with Crippen molar-refractivity contribution in [3.05, 3.63) is 82.9 Å². The number of ether oxygens (including phenoxy) is 2. The zero-order valence-corrected chi connectivity index (χ0v) is 19.0. The summed E-state index contributed by atoms with van der Waals surface area (Å²) in [6.07, 6.45) is 5.86. The molecular weight excluding hydrogens is 441 g/mol. The molecule has 0 radical (unpaired) electrons. The topological polar surface area (TPSA) is 39.5 Å². The van der Waals surface area contributed by atoms with E-state index in [1.54, 1.807) is 25.4 Å². The molecule has 7 heteroatoms. The highest BCUT2D eigenvalue weighted by molar-refractivity contribution is 6.32. The molecule has 5 nitrogen and oxygen atoms in total. The van der Waals surface area contributed by atoms with Gasteiger partial charge in [0.1, 0.15) is 18.2 Å². The molecule has 1 spiro atoms. The van der Waals surface area contributed by atoms with Crippen LogP contribution in [0.5, 0.6) is 11.6 Å². The number of hydrogen-bond donors (Lipinski definition) is 0. The molecule has 0 saturated heterocycles. The molecule has 1 aliphatic carbocycles. The van der Waals surface area contributed by atoms with Gasteiger partial charge in [0, 0.05) is 47.7 Å². The van der Waals surface area contributed by atoms with Crippen LogP contribution in [0.2, 0.25) is 5.02 Å². The number of fused-ring (bicyclic) bond motifs is 2. The van der Waals surface area contributed by atoms with E-state index < -0.39 is 0 Å². The van der Waals surface area contributed by atoms with Crippen LogP contribution in [0.15, 0.2) is 60.9 Å². The van der Waals surface area contributed by atoms with Crippen LogP contribution in [-0.2, 0) is 13.1 Å². The summed E-state index contributed by atoms with van der Waals surface area (Å²) in [5.41, 5.74) is 3.94. The molecule has 0 amide bonds. The molecule has 168 valence electrons. The average Bonchev–Trinajstić information content (AvgIpc) is 3.52. The Balaban J connectivity index is 1.40. The zero-order valence-electron chi connectivity index (χ0n) is 18.2. The largest absolute Gasteiger partial charge is 0.490 e. The Labute approximate surface area is 196 Å². The fourth-order valence-corrected chi connectivity index (χ4v) is 5.11. The maximum atomic E-state index is 13.7. The van der Waals surface area contributed by atoms with Crippen molar-refractivity contribution in [2.75, 3.05) is 13.7 Å². The molecule has 1 aliphatic heterocycles. The molecule has 0 bridgehead atoms. The first-order valence-electron chi connectivity index (χ1n) is 11.0. The number of methoxy groups -OCH3 is 1. The molecule has 0 unspecified atom stereocenters. The quantitative estimate of drug-likeness (QED) is 0.386. The Hall–Kier alpha value is -3.09. The van der Waals surface area contributed by atoms with E-state index in [-0.39, 0.29) is 11.4 Å². The van der Waals surface area contributed by atoms with E-state index >= 15 is 0 Å². The Morgan fingerprint density at radius 3 is 2.88 bits per heavy atom. The van der Waals surface area contributed by atoms with Crippen molar-refractivity contribution in [1.29, 1.82) is 0 Å². The number of aromatic nitrogens is 2. The number of halogens is 2. The number of nitrogens with zero attached hydrogens (tertiary/aromatic N) is 3. The van der Waals surface area contributed by atoms with Crippen LogP contribution in [0, 0.1) is 5.82 Å². The minimum absolute atomic E-state index is 0.00103. The summed E-state index contributed by atoms with van der Waals surface area (Å²) in [4.78, 5) is 6.82. The number of benzene rings is 2. The first-order valence-corrected chi connectivity index (χ1v) is 11.4. The fraction of sp³-hybridized carbons (Fsp3) is 0.269. The molecule has 2 aromatic heterocycles. The van der Waals surface area contributed by atoms with Crippen molar-refractivity contribution < 1.29 is 13.9 Å². The van der Waals surface area contributed by atoms with Gasteiger partial charge < -0.3 is 14.0 Å². The number of pyridine rings is 1. The maximum absolute atomic E-state index is 13.7. The van der Waals surface area contributed by atoms with Gasteiger partial charge in [-0.3, -0.25) is 4.90 Å². The maximum Gasteiger partial charge on any atom is 0.217 e. The lowest BCUT2D eigenvalue weighted by atomic mass is 10.1. The molecule has 33 heavy (non-hydrogen) atoms. The molecule has 6 rings (SSSR count). The highest BCUT2D eigenvalue weighted by Crippen LogP contribution is 2.48. The van der Waals surface area contributed by atoms with E-state index in [2.05, 4.69) is 22.0 Å². The van der Waals surface area contributed by atoms with Crippen molar-refractivity contribution in [2.45, 2.75) is 31.5 Å². The summed E-state index contributed by atoms with van der Waals surface area (Å²) >= 11 is 6.74. The van der Waals surface area contributed by atoms with Gasteiger partial charge in [0.2, 0.25) is 5.88 Å². The molecule has 2 aromatic carbocycles. The predicted molar refractivity (Wildman–Crippen MR) is 126 cm³/mol. The molecule has 1 saturated carbocycles. The number of hydrogen-bond acceptors (Lipinski definition) is 4. The lowest BCUT2D eigenvalue weighted by Gasteiger charge is -2.29. The zero-order chi connectivity index (χ0) is 22.6. The van der Waals surface area contributed by atoms with Gasteiger partial charge in [-0.2, -0.15) is 0 Å². The molecule has 1 fully saturated rings. The third kappa shape index (κ3) is 3.54. The third-order valence-electron chi connectivity index (χ3n) is 6.78. The normalized spacial score (nSPS) is 16.9. The van der Waals surface area contributed by atoms with E-state index in [1.165, 1.54) is 6.07 Å². The first kappa shape index (κ1) is 20.5. The van der Waals surface area contributed by atoms with Gasteiger partial charge in [0.15, 0.2) is 0 Å². The van der Waals surface area contributed by atoms with Crippen molar-refractivity contribution in [2.24, 2.45) is 0 Å². The van der Waals surface area contributed by atoms with Crippen molar-refractivity contribution in [3.8, 4) is 17.3 Å². The van der Waals surface area contributed by atoms with Gasteiger partial charge in [0.25, 0.3) is 0 Å². The van der Waals surface area contributed by atoms with E-state index in [1.807, 2.05) is 29.0 Å². The molecule has 3 heterocycles. The van der Waals surface area contributed by atoms with Crippen LogP contribution in [0.3, 0.4) is 0 Å². The minimum Gasteiger partial charge on any atom is -0.490 e. The Bertz CT molecular complexity index is 1370. The summed E-state index contributed by atoms with van der Waals surface area (Å²) in [5, 5.41) is 1.43. The van der Waals surface area contributed by atoms with Crippen molar-refractivity contribution in [3.63, 3.8) is 0 Å². The van der Waals surface area contributed by atoms with Gasteiger partial charge in [-0.25, -0.2) is 9.37 Å². The summed E-state index contributed by atoms with van der Waals surface area (Å²) in [7, 11) is 1.65. The second kappa shape index (κ2) is 7.75. The Morgan fingerprint density at radius 1 is 1.18 bits per heavy atom. The van der Waals surface area contributed by atoms with Gasteiger partial charge in [-0.15, -0.1) is 0 Å². The molecule has 0 N–H and O–H groups in total. The summed E-state index contributed by atoms with van der Waals surface area (Å²) in [6, 6.07) is 14.8. The molecule has 0 atom stereocenters. The van der Waals surface area contributed by atoms with Gasteiger partial charge in [-0.05, 0) is 55.3 Å². The van der Waals surface area contributed by atoms with Crippen LogP contribution >= 0.6 is 11.6 Å². The lowest BCUT2D eigenvalue weighted by molar-refractivity contribution is 0.118. The third-order valence-corrected chi connectivity index (χ3v) is 7.07. The lowest BCUT2D eigenvalue weighted by Crippen LogP contribution is -2.39. The van der Waals surface area contributed by atoms with Gasteiger partial charge >= 0.3 is 0 Å². The average molecular weight is 464 g/mol. The molecular formula is C26H23ClFN3O2. The monoisotopic (exact) mass is 463 g/mol. The highest BCUT2D eigenvalue weighted by atomic mass is 35.5. The second-order valence-electron chi connectivity index (χ2n) is 8.85. The summed E-state index contributed by atoms with van der Waals surface area (Å²) < 4.78 is 27.5. The van der Waals surface area contributed by atoms with Crippen LogP contribution in [-0.4, -0.2) is 33.7 Å². The van der Waals surface area contributed by atoms with E-state index in [9.17, 15) is 4.39 Å². The fourth-order valence-electron chi connectivity index (χ4n) is 4.82. The van der Waals surface area contributed by atoms with Crippen LogP contribution < -0.4 is 9.47 Å². The number of rotatable bonds is 4. The van der Waals surface area contributed by atoms with E-state index in [4.69, 9.17) is 21.1 Å². The molecule has 4 aromatic rings. The predicted octanol–water partition coefficient (Wildman–Crippen LogP) is 5.75. The van der Waals surface area contributed by atoms with Crippen LogP contribution in [0.25, 0.3) is 16.6 Å². The second-order valence-corrected chi connectivity index (χ2v) is 9.25. The highest BCUT2D eigenvalue weighted by Gasteiger charge is 2.50. The smallest absolute Gasteiger partial charge is 0.217 e. The van der Waals surface area contributed by atoms with Gasteiger partial charge in [0.05, 0.1) is 23.2 Å². The van der Waals surface area contributed by atoms with E-state index in [0.717, 1.165) is 46.3 Å². The first-order chi connectivity index (χ1) is 16.1. The van der Waals surface area contributed by atoms with Crippen LogP contribution in [0.1, 0.15) is 24.0 Å². The van der Waals surface area contributed by atoms with Crippen molar-refractivity contribution >= 4 is 22.5 Å². The Morgan fingerprint density at radius 2 is 2.06 bits per heavy atom. The SMILES string of the molecule is COc1ncccc1CN1Cc2cc(-n3ccc4cc(F)ccc43)cc(Cl)c2OCC12CC2. The van der Waals surface area contributed by atoms with Crippen molar-refractivity contribution in [1.82, 2.24) is 14.5 Å². The Kier molecular flexibility index (Phi) is 4.82. The molecule has 2 aliphatic rings. The van der Waals surface area contributed by atoms with E-state index in [0.29, 0.717) is 30.6 Å².